The first-order valence-electron chi connectivity index (χ1n) is 8.87. The Morgan fingerprint density at radius 2 is 1.75 bits per heavy atom. The maximum absolute atomic E-state index is 10.1. The summed E-state index contributed by atoms with van der Waals surface area (Å²) in [5.41, 5.74) is 9.44. The summed E-state index contributed by atoms with van der Waals surface area (Å²) in [6, 6.07) is 21.5. The van der Waals surface area contributed by atoms with Crippen molar-refractivity contribution in [3.05, 3.63) is 87.1 Å². The van der Waals surface area contributed by atoms with E-state index in [0.717, 1.165) is 34.3 Å². The average Bonchev–Trinajstić information content (AvgIpc) is 2.73. The lowest BCUT2D eigenvalue weighted by molar-refractivity contribution is 0.497. The fraction of sp³-hybridized carbons (Fsp3) is 0.174. The van der Waals surface area contributed by atoms with Crippen LogP contribution in [0.1, 0.15) is 29.0 Å². The highest BCUT2D eigenvalue weighted by molar-refractivity contribution is 6.30. The molecule has 2 aliphatic rings. The first-order valence-corrected chi connectivity index (χ1v) is 9.25. The summed E-state index contributed by atoms with van der Waals surface area (Å²) in [7, 11) is 0. The van der Waals surface area contributed by atoms with Gasteiger partial charge in [-0.25, -0.2) is 0 Å². The lowest BCUT2D eigenvalue weighted by Crippen LogP contribution is -2.38. The van der Waals surface area contributed by atoms with Gasteiger partial charge in [-0.15, -0.1) is 0 Å². The highest BCUT2D eigenvalue weighted by Gasteiger charge is 2.51. The molecule has 2 aliphatic carbocycles. The third kappa shape index (κ3) is 2.35. The van der Waals surface area contributed by atoms with Crippen LogP contribution in [0.15, 0.2) is 65.4 Å². The molecule has 4 nitrogen and oxygen atoms in total. The highest BCUT2D eigenvalue weighted by atomic mass is 35.5. The number of hydrogen-bond donors (Lipinski definition) is 1. The molecule has 1 atom stereocenters. The van der Waals surface area contributed by atoms with Gasteiger partial charge in [-0.05, 0) is 41.7 Å². The smallest absolute Gasteiger partial charge is 0.194 e. The molecular formula is C23H15ClN4. The van der Waals surface area contributed by atoms with E-state index >= 15 is 0 Å². The number of aryl methyl sites for hydroxylation is 1. The second-order valence-corrected chi connectivity index (χ2v) is 7.41. The van der Waals surface area contributed by atoms with Gasteiger partial charge in [-0.3, -0.25) is 0 Å². The third-order valence-electron chi connectivity index (χ3n) is 5.64. The van der Waals surface area contributed by atoms with E-state index in [-0.39, 0.29) is 11.3 Å². The zero-order chi connectivity index (χ0) is 19.9. The maximum atomic E-state index is 10.1. The number of allylic oxidation sites excluding steroid dienone is 4. The van der Waals surface area contributed by atoms with Crippen LogP contribution in [0.2, 0.25) is 5.02 Å². The third-order valence-corrected chi connectivity index (χ3v) is 5.88. The van der Waals surface area contributed by atoms with Crippen molar-refractivity contribution in [1.82, 2.24) is 0 Å². The number of rotatable bonds is 1. The van der Waals surface area contributed by atoms with E-state index in [2.05, 4.69) is 18.2 Å². The highest BCUT2D eigenvalue weighted by Crippen LogP contribution is 2.56. The van der Waals surface area contributed by atoms with Crippen LogP contribution >= 0.6 is 11.6 Å². The van der Waals surface area contributed by atoms with Gasteiger partial charge in [0.25, 0.3) is 0 Å². The number of fused-ring (bicyclic) bond motifs is 2. The van der Waals surface area contributed by atoms with Crippen molar-refractivity contribution in [2.75, 3.05) is 0 Å². The molecule has 0 saturated heterocycles. The molecule has 4 rings (SSSR count). The van der Waals surface area contributed by atoms with Crippen LogP contribution in [-0.4, -0.2) is 0 Å². The van der Waals surface area contributed by atoms with Crippen molar-refractivity contribution in [1.29, 1.82) is 15.8 Å². The Bertz CT molecular complexity index is 1170. The van der Waals surface area contributed by atoms with E-state index in [0.29, 0.717) is 11.4 Å². The Morgan fingerprint density at radius 1 is 1.00 bits per heavy atom. The SMILES string of the molecule is N#CC1=C(N)C(C#N)(C#N)C(c2cccc(Cl)c2)C2=C1c1ccccc1CC2. The van der Waals surface area contributed by atoms with E-state index in [4.69, 9.17) is 17.3 Å². The van der Waals surface area contributed by atoms with Crippen molar-refractivity contribution < 1.29 is 0 Å². The summed E-state index contributed by atoms with van der Waals surface area (Å²) in [5.74, 6) is -0.582. The molecule has 5 heteroatoms. The van der Waals surface area contributed by atoms with Gasteiger partial charge in [0, 0.05) is 16.5 Å². The molecule has 0 spiro atoms. The van der Waals surface area contributed by atoms with Crippen LogP contribution in [-0.2, 0) is 6.42 Å². The molecular weight excluding hydrogens is 368 g/mol. The topological polar surface area (TPSA) is 97.4 Å². The van der Waals surface area contributed by atoms with Gasteiger partial charge in [0.1, 0.15) is 6.07 Å². The molecule has 1 unspecified atom stereocenters. The Hall–Kier alpha value is -3.52. The van der Waals surface area contributed by atoms with Gasteiger partial charge in [-0.1, -0.05) is 53.6 Å². The van der Waals surface area contributed by atoms with Gasteiger partial charge in [0.15, 0.2) is 5.41 Å². The number of benzene rings is 2. The lowest BCUT2D eigenvalue weighted by Gasteiger charge is -2.40. The van der Waals surface area contributed by atoms with E-state index < -0.39 is 11.3 Å². The zero-order valence-corrected chi connectivity index (χ0v) is 15.7. The Morgan fingerprint density at radius 3 is 2.43 bits per heavy atom. The quantitative estimate of drug-likeness (QED) is 0.778. The number of nitrogens with two attached hydrogens (primary N) is 1. The van der Waals surface area contributed by atoms with Gasteiger partial charge in [-0.2, -0.15) is 15.8 Å². The lowest BCUT2D eigenvalue weighted by atomic mass is 9.59. The largest absolute Gasteiger partial charge is 0.399 e. The summed E-state index contributed by atoms with van der Waals surface area (Å²) < 4.78 is 0. The predicted octanol–water partition coefficient (Wildman–Crippen LogP) is 4.61. The number of hydrogen-bond acceptors (Lipinski definition) is 4. The number of nitriles is 3. The summed E-state index contributed by atoms with van der Waals surface area (Å²) in [6.07, 6.45) is 1.42. The van der Waals surface area contributed by atoms with Crippen molar-refractivity contribution in [3.63, 3.8) is 0 Å². The van der Waals surface area contributed by atoms with Gasteiger partial charge < -0.3 is 5.73 Å². The normalized spacial score (nSPS) is 19.7. The molecule has 0 fully saturated rings. The average molecular weight is 383 g/mol. The van der Waals surface area contributed by atoms with Crippen LogP contribution < -0.4 is 5.73 Å². The van der Waals surface area contributed by atoms with Gasteiger partial charge in [0.05, 0.1) is 23.4 Å². The predicted molar refractivity (Wildman–Crippen MR) is 106 cm³/mol. The molecule has 28 heavy (non-hydrogen) atoms. The van der Waals surface area contributed by atoms with E-state index in [1.165, 1.54) is 0 Å². The Balaban J connectivity index is 2.11. The molecule has 0 amide bonds. The molecule has 0 aromatic heterocycles. The minimum atomic E-state index is -1.65. The molecule has 2 aromatic carbocycles. The minimum absolute atomic E-state index is 0.0143. The second kappa shape index (κ2) is 6.58. The molecule has 0 heterocycles. The number of halogens is 1. The van der Waals surface area contributed by atoms with Crippen molar-refractivity contribution in [2.45, 2.75) is 18.8 Å². The fourth-order valence-electron chi connectivity index (χ4n) is 4.41. The molecule has 0 saturated carbocycles. The monoisotopic (exact) mass is 382 g/mol. The van der Waals surface area contributed by atoms with E-state index in [1.54, 1.807) is 18.2 Å². The molecule has 0 aliphatic heterocycles. The molecule has 134 valence electrons. The van der Waals surface area contributed by atoms with Crippen molar-refractivity contribution in [2.24, 2.45) is 11.1 Å². The first-order chi connectivity index (χ1) is 13.6. The maximum Gasteiger partial charge on any atom is 0.194 e. The first kappa shape index (κ1) is 17.9. The standard InChI is InChI=1S/C23H15ClN4/c24-16-6-3-5-15(10-16)21-18-9-8-14-4-1-2-7-17(14)20(18)19(11-25)22(28)23(21,12-26)13-27/h1-7,10,21H,8-9,28H2. The molecule has 2 N–H and O–H groups in total. The zero-order valence-electron chi connectivity index (χ0n) is 14.9. The van der Waals surface area contributed by atoms with Crippen LogP contribution in [0.3, 0.4) is 0 Å². The minimum Gasteiger partial charge on any atom is -0.399 e. The Kier molecular flexibility index (Phi) is 4.20. The van der Waals surface area contributed by atoms with Crippen molar-refractivity contribution in [3.8, 4) is 18.2 Å². The van der Waals surface area contributed by atoms with E-state index in [9.17, 15) is 15.8 Å². The van der Waals surface area contributed by atoms with Crippen molar-refractivity contribution >= 4 is 17.2 Å². The Labute approximate surface area is 168 Å². The number of nitrogens with zero attached hydrogens (tertiary/aromatic N) is 3. The van der Waals surface area contributed by atoms with Crippen LogP contribution in [0.4, 0.5) is 0 Å². The van der Waals surface area contributed by atoms with Crippen LogP contribution in [0.25, 0.3) is 5.57 Å². The fourth-order valence-corrected chi connectivity index (χ4v) is 4.61. The van der Waals surface area contributed by atoms with E-state index in [1.807, 2.05) is 30.3 Å². The summed E-state index contributed by atoms with van der Waals surface area (Å²) in [4.78, 5) is 0. The second-order valence-electron chi connectivity index (χ2n) is 6.98. The van der Waals surface area contributed by atoms with Crippen LogP contribution in [0.5, 0.6) is 0 Å². The molecule has 0 bridgehead atoms. The molecule has 2 aromatic rings. The van der Waals surface area contributed by atoms with Gasteiger partial charge >= 0.3 is 0 Å². The van der Waals surface area contributed by atoms with Gasteiger partial charge in [0.2, 0.25) is 0 Å². The summed E-state index contributed by atoms with van der Waals surface area (Å²) in [6.45, 7) is 0. The summed E-state index contributed by atoms with van der Waals surface area (Å²) >= 11 is 6.21. The van der Waals surface area contributed by atoms with Crippen LogP contribution in [0, 0.1) is 39.4 Å². The molecule has 0 radical (unpaired) electrons. The summed E-state index contributed by atoms with van der Waals surface area (Å²) in [5, 5.41) is 30.5.